The van der Waals surface area contributed by atoms with E-state index in [1.54, 1.807) is 6.07 Å². The molecule has 2 rings (SSSR count). The molecular weight excluding hydrogens is 436 g/mol. The first-order valence-corrected chi connectivity index (χ1v) is 12.3. The molecule has 1 atom stereocenters. The van der Waals surface area contributed by atoms with E-state index < -0.39 is 34.5 Å². The lowest BCUT2D eigenvalue weighted by atomic mass is 9.92. The molecule has 1 aliphatic heterocycles. The van der Waals surface area contributed by atoms with Crippen molar-refractivity contribution >= 4 is 27.8 Å². The third-order valence-electron chi connectivity index (χ3n) is 5.30. The summed E-state index contributed by atoms with van der Waals surface area (Å²) >= 11 is 0. The van der Waals surface area contributed by atoms with Gasteiger partial charge in [0, 0.05) is 25.9 Å². The van der Waals surface area contributed by atoms with Gasteiger partial charge in [-0.1, -0.05) is 18.2 Å². The van der Waals surface area contributed by atoms with Gasteiger partial charge in [-0.2, -0.15) is 4.72 Å². The minimum absolute atomic E-state index is 0.0300. The van der Waals surface area contributed by atoms with Gasteiger partial charge in [-0.05, 0) is 56.8 Å². The van der Waals surface area contributed by atoms with Crippen LogP contribution in [-0.2, 0) is 24.4 Å². The smallest absolute Gasteiger partial charge is 0.323 e. The largest absolute Gasteiger partial charge is 0.480 e. The standard InChI is InChI=1S/C21H32N4O6S/c26-19(8-4-5-16-9-12-22-13-10-16)23-14-11-20(27)24-15-18(21(28)29)25-32(30,31)17-6-2-1-3-7-17/h1-3,6-7,16,18,22,25H,4-5,8-15H2,(H,23,26)(H,24,27)(H,28,29)/t18-/m0/s1. The molecule has 178 valence electrons. The van der Waals surface area contributed by atoms with Crippen LogP contribution in [0, 0.1) is 5.92 Å². The van der Waals surface area contributed by atoms with E-state index in [-0.39, 0.29) is 23.8 Å². The number of carbonyl (C=O) groups excluding carboxylic acids is 2. The Kier molecular flexibility index (Phi) is 10.6. The number of piperidine rings is 1. The van der Waals surface area contributed by atoms with E-state index in [0.717, 1.165) is 38.8 Å². The lowest BCUT2D eigenvalue weighted by Gasteiger charge is -2.22. The van der Waals surface area contributed by atoms with Crippen molar-refractivity contribution in [2.45, 2.75) is 49.5 Å². The Morgan fingerprint density at radius 1 is 1.03 bits per heavy atom. The van der Waals surface area contributed by atoms with E-state index in [0.29, 0.717) is 12.3 Å². The van der Waals surface area contributed by atoms with Crippen molar-refractivity contribution in [2.24, 2.45) is 5.92 Å². The Hall–Kier alpha value is -2.50. The Labute approximate surface area is 188 Å². The van der Waals surface area contributed by atoms with Crippen LogP contribution in [0.4, 0.5) is 0 Å². The summed E-state index contributed by atoms with van der Waals surface area (Å²) in [5.41, 5.74) is 0. The summed E-state index contributed by atoms with van der Waals surface area (Å²) in [6, 6.07) is 5.85. The number of hydrogen-bond donors (Lipinski definition) is 5. The second-order valence-electron chi connectivity index (χ2n) is 7.81. The number of nitrogens with one attached hydrogen (secondary N) is 4. The fourth-order valence-electron chi connectivity index (χ4n) is 3.46. The van der Waals surface area contributed by atoms with E-state index in [4.69, 9.17) is 0 Å². The number of amides is 2. The first-order valence-electron chi connectivity index (χ1n) is 10.8. The molecule has 32 heavy (non-hydrogen) atoms. The summed E-state index contributed by atoms with van der Waals surface area (Å²) in [7, 11) is -4.04. The third-order valence-corrected chi connectivity index (χ3v) is 6.79. The van der Waals surface area contributed by atoms with Gasteiger partial charge in [-0.15, -0.1) is 0 Å². The van der Waals surface area contributed by atoms with Gasteiger partial charge in [-0.3, -0.25) is 14.4 Å². The van der Waals surface area contributed by atoms with Crippen LogP contribution in [0.2, 0.25) is 0 Å². The molecule has 1 heterocycles. The lowest BCUT2D eigenvalue weighted by Crippen LogP contribution is -2.48. The third kappa shape index (κ3) is 9.33. The first-order chi connectivity index (χ1) is 15.3. The number of sulfonamides is 1. The monoisotopic (exact) mass is 468 g/mol. The fraction of sp³-hybridized carbons (Fsp3) is 0.571. The van der Waals surface area contributed by atoms with Crippen molar-refractivity contribution < 1.29 is 27.9 Å². The molecule has 0 radical (unpaired) electrons. The number of carboxylic acid groups (broad SMARTS) is 1. The van der Waals surface area contributed by atoms with E-state index in [1.165, 1.54) is 24.3 Å². The maximum Gasteiger partial charge on any atom is 0.323 e. The normalized spacial score (nSPS) is 15.6. The van der Waals surface area contributed by atoms with Crippen LogP contribution in [0.25, 0.3) is 0 Å². The average molecular weight is 469 g/mol. The van der Waals surface area contributed by atoms with E-state index in [9.17, 15) is 27.9 Å². The number of benzene rings is 1. The molecule has 0 aromatic heterocycles. The van der Waals surface area contributed by atoms with Gasteiger partial charge in [0.1, 0.15) is 6.04 Å². The molecule has 2 amide bonds. The molecule has 0 unspecified atom stereocenters. The number of aliphatic carboxylic acids is 1. The van der Waals surface area contributed by atoms with Gasteiger partial charge in [0.15, 0.2) is 0 Å². The molecule has 1 aromatic rings. The van der Waals surface area contributed by atoms with Gasteiger partial charge >= 0.3 is 5.97 Å². The Morgan fingerprint density at radius 2 is 1.69 bits per heavy atom. The van der Waals surface area contributed by atoms with Crippen molar-refractivity contribution in [3.8, 4) is 0 Å². The van der Waals surface area contributed by atoms with Gasteiger partial charge in [0.25, 0.3) is 0 Å². The van der Waals surface area contributed by atoms with Crippen molar-refractivity contribution in [2.75, 3.05) is 26.2 Å². The minimum Gasteiger partial charge on any atom is -0.480 e. The highest BCUT2D eigenvalue weighted by Gasteiger charge is 2.25. The number of carboxylic acids is 1. The molecule has 1 fully saturated rings. The molecule has 1 saturated heterocycles. The summed E-state index contributed by atoms with van der Waals surface area (Å²) < 4.78 is 26.6. The van der Waals surface area contributed by atoms with Crippen molar-refractivity contribution in [1.82, 2.24) is 20.7 Å². The van der Waals surface area contributed by atoms with Gasteiger partial charge in [-0.25, -0.2) is 8.42 Å². The molecule has 5 N–H and O–H groups in total. The van der Waals surface area contributed by atoms with Crippen LogP contribution >= 0.6 is 0 Å². The summed E-state index contributed by atoms with van der Waals surface area (Å²) in [4.78, 5) is 35.2. The predicted octanol–water partition coefficient (Wildman–Crippen LogP) is 0.211. The highest BCUT2D eigenvalue weighted by molar-refractivity contribution is 7.89. The lowest BCUT2D eigenvalue weighted by molar-refractivity contribution is -0.138. The van der Waals surface area contributed by atoms with Crippen LogP contribution in [0.15, 0.2) is 35.2 Å². The van der Waals surface area contributed by atoms with E-state index in [2.05, 4.69) is 20.7 Å². The molecule has 10 nitrogen and oxygen atoms in total. The van der Waals surface area contributed by atoms with Crippen LogP contribution < -0.4 is 20.7 Å². The summed E-state index contributed by atoms with van der Waals surface area (Å²) in [6.07, 6.45) is 4.49. The summed E-state index contributed by atoms with van der Waals surface area (Å²) in [6.45, 7) is 1.78. The van der Waals surface area contributed by atoms with Crippen LogP contribution in [-0.4, -0.2) is 63.5 Å². The maximum atomic E-state index is 12.3. The average Bonchev–Trinajstić information content (AvgIpc) is 2.78. The second kappa shape index (κ2) is 13.1. The molecular formula is C21H32N4O6S. The Morgan fingerprint density at radius 3 is 2.34 bits per heavy atom. The van der Waals surface area contributed by atoms with Gasteiger partial charge in [0.05, 0.1) is 4.90 Å². The zero-order valence-electron chi connectivity index (χ0n) is 18.0. The highest BCUT2D eigenvalue weighted by atomic mass is 32.2. The van der Waals surface area contributed by atoms with Crippen LogP contribution in [0.5, 0.6) is 0 Å². The SMILES string of the molecule is O=C(CCCC1CCNCC1)NCCC(=O)NC[C@H](NS(=O)(=O)c1ccccc1)C(=O)O. The van der Waals surface area contributed by atoms with Crippen LogP contribution in [0.3, 0.4) is 0 Å². The minimum atomic E-state index is -4.04. The quantitative estimate of drug-likeness (QED) is 0.277. The van der Waals surface area contributed by atoms with E-state index >= 15 is 0 Å². The highest BCUT2D eigenvalue weighted by Crippen LogP contribution is 2.18. The Bertz CT molecular complexity index is 856. The number of hydrogen-bond acceptors (Lipinski definition) is 6. The molecule has 11 heteroatoms. The molecule has 1 aliphatic rings. The van der Waals surface area contributed by atoms with Crippen molar-refractivity contribution in [3.63, 3.8) is 0 Å². The van der Waals surface area contributed by atoms with Crippen molar-refractivity contribution in [1.29, 1.82) is 0 Å². The number of carbonyl (C=O) groups is 3. The summed E-state index contributed by atoms with van der Waals surface area (Å²) in [5, 5.41) is 17.7. The number of rotatable bonds is 13. The van der Waals surface area contributed by atoms with Gasteiger partial charge < -0.3 is 21.1 Å². The topological polar surface area (TPSA) is 154 Å². The molecule has 1 aromatic carbocycles. The van der Waals surface area contributed by atoms with Crippen molar-refractivity contribution in [3.05, 3.63) is 30.3 Å². The zero-order valence-corrected chi connectivity index (χ0v) is 18.8. The molecule has 0 aliphatic carbocycles. The first kappa shape index (κ1) is 25.8. The summed E-state index contributed by atoms with van der Waals surface area (Å²) in [5.74, 6) is -1.35. The van der Waals surface area contributed by atoms with Crippen LogP contribution in [0.1, 0.15) is 38.5 Å². The van der Waals surface area contributed by atoms with Gasteiger partial charge in [0.2, 0.25) is 21.8 Å². The maximum absolute atomic E-state index is 12.3. The molecule has 0 saturated carbocycles. The predicted molar refractivity (Wildman–Crippen MR) is 118 cm³/mol. The zero-order chi connectivity index (χ0) is 23.4. The second-order valence-corrected chi connectivity index (χ2v) is 9.53. The molecule has 0 spiro atoms. The van der Waals surface area contributed by atoms with E-state index in [1.807, 2.05) is 0 Å². The molecule has 0 bridgehead atoms. The Balaban J connectivity index is 1.65. The fourth-order valence-corrected chi connectivity index (χ4v) is 4.67.